The summed E-state index contributed by atoms with van der Waals surface area (Å²) in [5.74, 6) is 0.770. The van der Waals surface area contributed by atoms with E-state index in [0.717, 1.165) is 38.2 Å². The molecule has 0 bridgehead atoms. The first kappa shape index (κ1) is 16.1. The van der Waals surface area contributed by atoms with Gasteiger partial charge >= 0.3 is 6.18 Å². The topological polar surface area (TPSA) is 28.7 Å². The average molecular weight is 276 g/mol. The average Bonchev–Trinajstić information content (AvgIpc) is 2.83. The second-order valence-corrected chi connectivity index (χ2v) is 5.28. The number of rotatable bonds is 7. The molecule has 0 spiro atoms. The number of hydrogen-bond donors (Lipinski definition) is 1. The van der Waals surface area contributed by atoms with Crippen molar-refractivity contribution in [1.82, 2.24) is 10.2 Å². The summed E-state index contributed by atoms with van der Waals surface area (Å²) in [6.07, 6.45) is 0.573. The van der Waals surface area contributed by atoms with Crippen molar-refractivity contribution in [2.45, 2.75) is 65.0 Å². The van der Waals surface area contributed by atoms with Crippen LogP contribution in [0.5, 0.6) is 0 Å². The second-order valence-electron chi connectivity index (χ2n) is 5.28. The minimum absolute atomic E-state index is 0.155. The summed E-state index contributed by atoms with van der Waals surface area (Å²) in [4.78, 5) is 0. The molecule has 2 nitrogen and oxygen atoms in total. The summed E-state index contributed by atoms with van der Waals surface area (Å²) in [7, 11) is 0. The van der Waals surface area contributed by atoms with Gasteiger partial charge in [-0.15, -0.1) is 0 Å². The van der Waals surface area contributed by atoms with Crippen molar-refractivity contribution in [2.75, 3.05) is 0 Å². The Balaban J connectivity index is 2.73. The Morgan fingerprint density at radius 3 is 2.37 bits per heavy atom. The van der Waals surface area contributed by atoms with E-state index in [9.17, 15) is 13.2 Å². The van der Waals surface area contributed by atoms with E-state index in [1.807, 2.05) is 0 Å². The van der Waals surface area contributed by atoms with Gasteiger partial charge in [0.15, 0.2) is 5.69 Å². The Morgan fingerprint density at radius 1 is 1.21 bits per heavy atom. The van der Waals surface area contributed by atoms with Gasteiger partial charge in [0.25, 0.3) is 0 Å². The molecular weight excluding hydrogens is 253 g/mol. The Bertz CT molecular complexity index is 371. The molecule has 0 aromatic carbocycles. The highest BCUT2D eigenvalue weighted by Crippen LogP contribution is 2.32. The molecule has 1 unspecified atom stereocenters. The molecule has 0 saturated carbocycles. The zero-order valence-electron chi connectivity index (χ0n) is 11.8. The number of nitrogens with one attached hydrogen (secondary N) is 1. The predicted octanol–water partition coefficient (Wildman–Crippen LogP) is 5.14. The van der Waals surface area contributed by atoms with E-state index in [4.69, 9.17) is 0 Å². The smallest absolute Gasteiger partial charge is 0.282 e. The Morgan fingerprint density at radius 2 is 1.89 bits per heavy atom. The van der Waals surface area contributed by atoms with Gasteiger partial charge in [-0.2, -0.15) is 18.3 Å². The molecule has 0 amide bonds. The Hall–Kier alpha value is -1.00. The van der Waals surface area contributed by atoms with Crippen LogP contribution in [0.2, 0.25) is 0 Å². The van der Waals surface area contributed by atoms with Crippen LogP contribution in [0.25, 0.3) is 0 Å². The molecule has 0 aliphatic heterocycles. The molecule has 1 aromatic heterocycles. The summed E-state index contributed by atoms with van der Waals surface area (Å²) in [5.41, 5.74) is -0.190. The van der Waals surface area contributed by atoms with Crippen LogP contribution in [-0.2, 0) is 6.18 Å². The fourth-order valence-corrected chi connectivity index (χ4v) is 2.18. The van der Waals surface area contributed by atoms with Gasteiger partial charge in [0, 0.05) is 11.6 Å². The first-order valence-electron chi connectivity index (χ1n) is 7.00. The zero-order valence-corrected chi connectivity index (χ0v) is 11.8. The maximum absolute atomic E-state index is 12.5. The van der Waals surface area contributed by atoms with E-state index in [2.05, 4.69) is 31.0 Å². The van der Waals surface area contributed by atoms with Crippen LogP contribution in [-0.4, -0.2) is 10.2 Å². The molecule has 19 heavy (non-hydrogen) atoms. The molecule has 1 heterocycles. The van der Waals surface area contributed by atoms with Crippen LogP contribution in [0.3, 0.4) is 0 Å². The number of nitrogens with zero attached hydrogens (tertiary/aromatic N) is 1. The van der Waals surface area contributed by atoms with Gasteiger partial charge in [0.2, 0.25) is 0 Å². The molecule has 110 valence electrons. The molecule has 1 rings (SSSR count). The maximum atomic E-state index is 12.5. The molecule has 0 radical (unpaired) electrons. The third kappa shape index (κ3) is 4.88. The van der Waals surface area contributed by atoms with E-state index in [1.54, 1.807) is 0 Å². The van der Waals surface area contributed by atoms with E-state index in [0.29, 0.717) is 11.6 Å². The molecule has 1 N–H and O–H groups in total. The normalized spacial score (nSPS) is 15.5. The fourth-order valence-electron chi connectivity index (χ4n) is 2.18. The quantitative estimate of drug-likeness (QED) is 0.734. The molecular formula is C14H23F3N2. The molecule has 1 aromatic rings. The fraction of sp³-hybridized carbons (Fsp3) is 0.786. The van der Waals surface area contributed by atoms with E-state index in [1.165, 1.54) is 0 Å². The van der Waals surface area contributed by atoms with Crippen LogP contribution in [0, 0.1) is 5.92 Å². The van der Waals surface area contributed by atoms with Crippen molar-refractivity contribution in [2.24, 2.45) is 5.92 Å². The van der Waals surface area contributed by atoms with Crippen molar-refractivity contribution in [1.29, 1.82) is 0 Å². The second kappa shape index (κ2) is 6.96. The lowest BCUT2D eigenvalue weighted by atomic mass is 9.90. The summed E-state index contributed by atoms with van der Waals surface area (Å²) in [6, 6.07) is 1.16. The highest BCUT2D eigenvalue weighted by atomic mass is 19.4. The Kier molecular flexibility index (Phi) is 5.88. The lowest BCUT2D eigenvalue weighted by Gasteiger charge is -2.16. The summed E-state index contributed by atoms with van der Waals surface area (Å²) >= 11 is 0. The highest BCUT2D eigenvalue weighted by Gasteiger charge is 2.34. The molecule has 5 heteroatoms. The van der Waals surface area contributed by atoms with Crippen LogP contribution in [0.15, 0.2) is 6.07 Å². The van der Waals surface area contributed by atoms with E-state index in [-0.39, 0.29) is 5.92 Å². The highest BCUT2D eigenvalue weighted by molar-refractivity contribution is 5.15. The summed E-state index contributed by atoms with van der Waals surface area (Å²) in [5, 5.41) is 5.96. The first-order chi connectivity index (χ1) is 8.88. The van der Waals surface area contributed by atoms with Crippen molar-refractivity contribution in [3.8, 4) is 0 Å². The van der Waals surface area contributed by atoms with Crippen molar-refractivity contribution in [3.05, 3.63) is 17.5 Å². The monoisotopic (exact) mass is 276 g/mol. The Labute approximate surface area is 112 Å². The summed E-state index contributed by atoms with van der Waals surface area (Å²) < 4.78 is 37.6. The first-order valence-corrected chi connectivity index (χ1v) is 7.00. The van der Waals surface area contributed by atoms with Crippen molar-refractivity contribution >= 4 is 0 Å². The minimum Gasteiger partial charge on any atom is -0.282 e. The molecule has 0 aliphatic carbocycles. The number of alkyl halides is 3. The van der Waals surface area contributed by atoms with Crippen molar-refractivity contribution < 1.29 is 13.2 Å². The van der Waals surface area contributed by atoms with E-state index < -0.39 is 11.9 Å². The third-order valence-corrected chi connectivity index (χ3v) is 3.67. The SMILES string of the molecule is CCCC(CC[C@H](C)CC)c1cc(C(F)(F)F)n[nH]1. The lowest BCUT2D eigenvalue weighted by molar-refractivity contribution is -0.141. The lowest BCUT2D eigenvalue weighted by Crippen LogP contribution is -2.05. The minimum atomic E-state index is -4.36. The molecule has 0 fully saturated rings. The van der Waals surface area contributed by atoms with Crippen LogP contribution >= 0.6 is 0 Å². The molecule has 0 aliphatic rings. The van der Waals surface area contributed by atoms with Crippen LogP contribution in [0.1, 0.15) is 70.2 Å². The third-order valence-electron chi connectivity index (χ3n) is 3.67. The number of H-pyrrole nitrogens is 1. The van der Waals surface area contributed by atoms with Crippen LogP contribution in [0.4, 0.5) is 13.2 Å². The zero-order chi connectivity index (χ0) is 14.5. The predicted molar refractivity (Wildman–Crippen MR) is 69.9 cm³/mol. The maximum Gasteiger partial charge on any atom is 0.435 e. The largest absolute Gasteiger partial charge is 0.435 e. The number of hydrogen-bond acceptors (Lipinski definition) is 1. The van der Waals surface area contributed by atoms with Gasteiger partial charge in [-0.05, 0) is 24.8 Å². The van der Waals surface area contributed by atoms with Gasteiger partial charge < -0.3 is 0 Å². The summed E-state index contributed by atoms with van der Waals surface area (Å²) in [6.45, 7) is 6.37. The van der Waals surface area contributed by atoms with Gasteiger partial charge in [-0.3, -0.25) is 5.10 Å². The van der Waals surface area contributed by atoms with E-state index >= 15 is 0 Å². The standard InChI is InChI=1S/C14H23F3N2/c1-4-6-11(8-7-10(3)5-2)12-9-13(19-18-12)14(15,16)17/h9-11H,4-8H2,1-3H3,(H,18,19)/t10-,11?/m1/s1. The van der Waals surface area contributed by atoms with Gasteiger partial charge in [-0.1, -0.05) is 40.0 Å². The number of halogens is 3. The van der Waals surface area contributed by atoms with Crippen molar-refractivity contribution in [3.63, 3.8) is 0 Å². The van der Waals surface area contributed by atoms with Gasteiger partial charge in [0.1, 0.15) is 0 Å². The van der Waals surface area contributed by atoms with Gasteiger partial charge in [-0.25, -0.2) is 0 Å². The molecule has 2 atom stereocenters. The van der Waals surface area contributed by atoms with Crippen LogP contribution < -0.4 is 0 Å². The molecule has 0 saturated heterocycles. The number of aromatic nitrogens is 2. The van der Waals surface area contributed by atoms with Gasteiger partial charge in [0.05, 0.1) is 0 Å². The number of aromatic amines is 1.